The summed E-state index contributed by atoms with van der Waals surface area (Å²) in [5.41, 5.74) is -0.0924. The van der Waals surface area contributed by atoms with Crippen molar-refractivity contribution in [3.05, 3.63) is 47.5 Å². The number of nitrogens with zero attached hydrogens (tertiary/aromatic N) is 5. The van der Waals surface area contributed by atoms with Gasteiger partial charge in [-0.15, -0.1) is 0 Å². The molecular formula is C24H29F3N6O. The molecule has 34 heavy (non-hydrogen) atoms. The third-order valence-electron chi connectivity index (χ3n) is 4.96. The summed E-state index contributed by atoms with van der Waals surface area (Å²) < 4.78 is 41.4. The Morgan fingerprint density at radius 1 is 1.29 bits per heavy atom. The minimum absolute atomic E-state index is 0.0417. The number of anilines is 2. The van der Waals surface area contributed by atoms with E-state index >= 15 is 0 Å². The van der Waals surface area contributed by atoms with Gasteiger partial charge < -0.3 is 10.2 Å². The minimum Gasteiger partial charge on any atom is -0.352 e. The molecule has 2 aromatic rings. The molecule has 1 aromatic heterocycles. The summed E-state index contributed by atoms with van der Waals surface area (Å²) in [6, 6.07) is 3.93. The first-order valence-electron chi connectivity index (χ1n) is 10.9. The lowest BCUT2D eigenvalue weighted by Gasteiger charge is -2.30. The fraction of sp³-hybridized carbons (Fsp3) is 0.417. The van der Waals surface area contributed by atoms with Gasteiger partial charge in [-0.25, -0.2) is 23.1 Å². The fourth-order valence-electron chi connectivity index (χ4n) is 3.14. The second kappa shape index (κ2) is 12.0. The fourth-order valence-corrected chi connectivity index (χ4v) is 3.14. The van der Waals surface area contributed by atoms with Crippen LogP contribution in [-0.4, -0.2) is 53.2 Å². The molecule has 0 fully saturated rings. The lowest BCUT2D eigenvalue weighted by Crippen LogP contribution is -2.42. The monoisotopic (exact) mass is 474 g/mol. The van der Waals surface area contributed by atoms with Crippen molar-refractivity contribution in [3.8, 4) is 11.8 Å². The van der Waals surface area contributed by atoms with Crippen LogP contribution in [0.2, 0.25) is 0 Å². The predicted octanol–water partition coefficient (Wildman–Crippen LogP) is 4.53. The van der Waals surface area contributed by atoms with Gasteiger partial charge in [0.2, 0.25) is 5.95 Å². The Morgan fingerprint density at radius 2 is 1.97 bits per heavy atom. The molecule has 1 unspecified atom stereocenters. The summed E-state index contributed by atoms with van der Waals surface area (Å²) in [5.74, 6) is 1.75. The second-order valence-electron chi connectivity index (χ2n) is 7.58. The first-order valence-corrected chi connectivity index (χ1v) is 10.9. The Hall–Kier alpha value is -3.61. The summed E-state index contributed by atoms with van der Waals surface area (Å²) >= 11 is 0. The number of rotatable bonds is 9. The number of alkyl halides is 2. The summed E-state index contributed by atoms with van der Waals surface area (Å²) in [6.07, 6.45) is 4.14. The van der Waals surface area contributed by atoms with Crippen molar-refractivity contribution >= 4 is 23.8 Å². The standard InChI is InChI=1S/C24H29F3N6O/c1-6-8-9-13-31-32(5)21-19(11-10-12-20(21)25)22(34)33(7-2)17(3)14-28-23-29-15-18(16-30-23)24(4,26)27/h10-13,15-17H,6-7,14H2,1-5H3,(H,28,29,30)/b31-13-. The van der Waals surface area contributed by atoms with E-state index in [9.17, 15) is 18.0 Å². The highest BCUT2D eigenvalue weighted by atomic mass is 19.3. The van der Waals surface area contributed by atoms with Crippen molar-refractivity contribution in [1.29, 1.82) is 0 Å². The van der Waals surface area contributed by atoms with Gasteiger partial charge in [0, 0.05) is 51.9 Å². The number of aromatic nitrogens is 2. The zero-order chi connectivity index (χ0) is 25.3. The van der Waals surface area contributed by atoms with Crippen LogP contribution in [-0.2, 0) is 5.92 Å². The normalized spacial score (nSPS) is 12.1. The number of nitrogens with one attached hydrogen (secondary N) is 1. The molecule has 10 heteroatoms. The molecule has 0 bridgehead atoms. The maximum Gasteiger partial charge on any atom is 0.273 e. The molecule has 0 aliphatic rings. The Kier molecular flexibility index (Phi) is 9.42. The number of hydrogen-bond acceptors (Lipinski definition) is 6. The van der Waals surface area contributed by atoms with Crippen molar-refractivity contribution in [2.24, 2.45) is 5.10 Å². The van der Waals surface area contributed by atoms with E-state index in [-0.39, 0.29) is 41.3 Å². The van der Waals surface area contributed by atoms with Gasteiger partial charge in [0.05, 0.1) is 17.3 Å². The van der Waals surface area contributed by atoms with E-state index in [1.54, 1.807) is 18.0 Å². The summed E-state index contributed by atoms with van der Waals surface area (Å²) in [7, 11) is 1.54. The van der Waals surface area contributed by atoms with Crippen LogP contribution >= 0.6 is 0 Å². The first-order chi connectivity index (χ1) is 16.1. The smallest absolute Gasteiger partial charge is 0.273 e. The van der Waals surface area contributed by atoms with Crippen molar-refractivity contribution in [2.75, 3.05) is 30.5 Å². The van der Waals surface area contributed by atoms with Crippen molar-refractivity contribution < 1.29 is 18.0 Å². The highest BCUT2D eigenvalue weighted by molar-refractivity contribution is 6.00. The van der Waals surface area contributed by atoms with Crippen LogP contribution in [0.3, 0.4) is 0 Å². The van der Waals surface area contributed by atoms with Gasteiger partial charge >= 0.3 is 0 Å². The number of para-hydroxylation sites is 1. The van der Waals surface area contributed by atoms with E-state index in [1.165, 1.54) is 23.4 Å². The SMILES string of the molecule is CCC#C/C=N\N(C)c1c(F)cccc1C(=O)N(CC)C(C)CNc1ncc(C(C)(F)F)cn1. The van der Waals surface area contributed by atoms with Crippen LogP contribution in [0.25, 0.3) is 0 Å². The lowest BCUT2D eigenvalue weighted by molar-refractivity contribution is 0.0167. The maximum absolute atomic E-state index is 14.7. The largest absolute Gasteiger partial charge is 0.352 e. The summed E-state index contributed by atoms with van der Waals surface area (Å²) in [6.45, 7) is 6.90. The van der Waals surface area contributed by atoms with Gasteiger partial charge in [0.15, 0.2) is 0 Å². The van der Waals surface area contributed by atoms with E-state index in [0.717, 1.165) is 19.3 Å². The molecule has 1 atom stereocenters. The highest BCUT2D eigenvalue weighted by Gasteiger charge is 2.27. The molecule has 0 saturated heterocycles. The molecule has 1 N–H and O–H groups in total. The maximum atomic E-state index is 14.7. The van der Waals surface area contributed by atoms with Crippen molar-refractivity contribution in [3.63, 3.8) is 0 Å². The first kappa shape index (κ1) is 26.6. The molecule has 0 radical (unpaired) electrons. The average Bonchev–Trinajstić information content (AvgIpc) is 2.80. The van der Waals surface area contributed by atoms with E-state index in [1.807, 2.05) is 20.8 Å². The van der Waals surface area contributed by atoms with Crippen LogP contribution < -0.4 is 10.3 Å². The molecule has 0 spiro atoms. The highest BCUT2D eigenvalue weighted by Crippen LogP contribution is 2.27. The number of carbonyl (C=O) groups excluding carboxylic acids is 1. The Morgan fingerprint density at radius 3 is 2.56 bits per heavy atom. The van der Waals surface area contributed by atoms with Gasteiger partial charge in [-0.05, 0) is 26.0 Å². The van der Waals surface area contributed by atoms with Gasteiger partial charge in [-0.1, -0.05) is 24.8 Å². The van der Waals surface area contributed by atoms with E-state index in [2.05, 4.69) is 32.2 Å². The molecule has 0 aliphatic heterocycles. The third-order valence-corrected chi connectivity index (χ3v) is 4.96. The molecule has 0 aliphatic carbocycles. The van der Waals surface area contributed by atoms with Gasteiger partial charge in [-0.2, -0.15) is 5.10 Å². The lowest BCUT2D eigenvalue weighted by atomic mass is 10.1. The second-order valence-corrected chi connectivity index (χ2v) is 7.58. The van der Waals surface area contributed by atoms with Gasteiger partial charge in [0.1, 0.15) is 11.5 Å². The number of amides is 1. The molecular weight excluding hydrogens is 445 g/mol. The van der Waals surface area contributed by atoms with Crippen LogP contribution in [0, 0.1) is 17.7 Å². The van der Waals surface area contributed by atoms with E-state index in [4.69, 9.17) is 0 Å². The van der Waals surface area contributed by atoms with Crippen LogP contribution in [0.5, 0.6) is 0 Å². The van der Waals surface area contributed by atoms with Crippen LogP contribution in [0.1, 0.15) is 50.0 Å². The zero-order valence-electron chi connectivity index (χ0n) is 19.9. The Balaban J connectivity index is 2.18. The van der Waals surface area contributed by atoms with Crippen molar-refractivity contribution in [1.82, 2.24) is 14.9 Å². The number of hydrazone groups is 1. The Bertz CT molecular complexity index is 1060. The third kappa shape index (κ3) is 6.94. The van der Waals surface area contributed by atoms with Crippen LogP contribution in [0.15, 0.2) is 35.7 Å². The quantitative estimate of drug-likeness (QED) is 0.329. The van der Waals surface area contributed by atoms with Crippen LogP contribution in [0.4, 0.5) is 24.8 Å². The number of carbonyl (C=O) groups is 1. The number of halogens is 3. The number of benzene rings is 1. The minimum atomic E-state index is -3.03. The molecule has 182 valence electrons. The van der Waals surface area contributed by atoms with E-state index in [0.29, 0.717) is 13.0 Å². The molecule has 7 nitrogen and oxygen atoms in total. The topological polar surface area (TPSA) is 73.7 Å². The predicted molar refractivity (Wildman–Crippen MR) is 128 cm³/mol. The number of hydrogen-bond donors (Lipinski definition) is 1. The molecule has 1 amide bonds. The number of likely N-dealkylation sites (N-methyl/N-ethyl adjacent to an activating group) is 1. The van der Waals surface area contributed by atoms with Gasteiger partial charge in [0.25, 0.3) is 11.8 Å². The van der Waals surface area contributed by atoms with Gasteiger partial charge in [-0.3, -0.25) is 9.80 Å². The molecule has 1 heterocycles. The average molecular weight is 475 g/mol. The molecule has 2 rings (SSSR count). The zero-order valence-corrected chi connectivity index (χ0v) is 19.9. The summed E-state index contributed by atoms with van der Waals surface area (Å²) in [5, 5.41) is 8.34. The van der Waals surface area contributed by atoms with E-state index < -0.39 is 11.7 Å². The summed E-state index contributed by atoms with van der Waals surface area (Å²) in [4.78, 5) is 22.7. The molecule has 0 saturated carbocycles. The van der Waals surface area contributed by atoms with Crippen molar-refractivity contribution in [2.45, 2.75) is 46.1 Å². The molecule has 1 aromatic carbocycles. The Labute approximate surface area is 198 Å².